The Labute approximate surface area is 114 Å². The minimum atomic E-state index is 0.0386. The molecule has 0 spiro atoms. The monoisotopic (exact) mass is 275 g/mol. The molecule has 1 amide bonds. The largest absolute Gasteiger partial charge is 0.344 e. The van der Waals surface area contributed by atoms with Crippen LogP contribution in [0, 0.1) is 0 Å². The average Bonchev–Trinajstić information content (AvgIpc) is 2.93. The standard InChI is InChI=1S/C14H13NOS2/c16-14(13-6-3-8-17-13)15-11-7-9-18-12-5-2-1-4-10(11)12/h1-6,8,11H,7,9H2,(H,15,16)/t11-/m0/s1. The Morgan fingerprint density at radius 2 is 2.11 bits per heavy atom. The lowest BCUT2D eigenvalue weighted by molar-refractivity contribution is 0.0939. The van der Waals surface area contributed by atoms with Crippen LogP contribution in [0.4, 0.5) is 0 Å². The minimum Gasteiger partial charge on any atom is -0.344 e. The van der Waals surface area contributed by atoms with Crippen LogP contribution < -0.4 is 5.32 Å². The van der Waals surface area contributed by atoms with Gasteiger partial charge in [-0.3, -0.25) is 4.79 Å². The lowest BCUT2D eigenvalue weighted by Gasteiger charge is -2.25. The van der Waals surface area contributed by atoms with Crippen LogP contribution in [0.25, 0.3) is 0 Å². The van der Waals surface area contributed by atoms with E-state index in [1.54, 1.807) is 0 Å². The molecule has 1 aliphatic heterocycles. The number of nitrogens with one attached hydrogen (secondary N) is 1. The SMILES string of the molecule is O=C(N[C@H]1CCSc2ccccc21)c1cccs1. The Kier molecular flexibility index (Phi) is 3.39. The molecule has 4 heteroatoms. The lowest BCUT2D eigenvalue weighted by atomic mass is 10.0. The van der Waals surface area contributed by atoms with E-state index in [1.165, 1.54) is 21.8 Å². The summed E-state index contributed by atoms with van der Waals surface area (Å²) in [5.74, 6) is 1.10. The fourth-order valence-corrected chi connectivity index (χ4v) is 3.88. The maximum atomic E-state index is 12.1. The lowest BCUT2D eigenvalue weighted by Crippen LogP contribution is -2.30. The molecule has 0 saturated carbocycles. The zero-order chi connectivity index (χ0) is 12.4. The Morgan fingerprint density at radius 1 is 1.22 bits per heavy atom. The van der Waals surface area contributed by atoms with Gasteiger partial charge in [0.15, 0.2) is 0 Å². The maximum Gasteiger partial charge on any atom is 0.261 e. The highest BCUT2D eigenvalue weighted by Crippen LogP contribution is 2.35. The second-order valence-corrected chi connectivity index (χ2v) is 6.26. The van der Waals surface area contributed by atoms with E-state index in [0.29, 0.717) is 0 Å². The van der Waals surface area contributed by atoms with Crippen molar-refractivity contribution >= 4 is 29.0 Å². The molecule has 1 atom stereocenters. The number of fused-ring (bicyclic) bond motifs is 1. The number of carbonyl (C=O) groups is 1. The summed E-state index contributed by atoms with van der Waals surface area (Å²) in [5.41, 5.74) is 1.25. The first kappa shape index (κ1) is 11.8. The van der Waals surface area contributed by atoms with E-state index in [2.05, 4.69) is 23.5 Å². The smallest absolute Gasteiger partial charge is 0.261 e. The fraction of sp³-hybridized carbons (Fsp3) is 0.214. The van der Waals surface area contributed by atoms with Gasteiger partial charge in [0.2, 0.25) is 0 Å². The molecular weight excluding hydrogens is 262 g/mol. The van der Waals surface area contributed by atoms with Crippen LogP contribution in [0.2, 0.25) is 0 Å². The van der Waals surface area contributed by atoms with E-state index in [9.17, 15) is 4.79 Å². The van der Waals surface area contributed by atoms with Gasteiger partial charge in [-0.25, -0.2) is 0 Å². The third-order valence-electron chi connectivity index (χ3n) is 3.01. The molecule has 0 saturated heterocycles. The van der Waals surface area contributed by atoms with Crippen LogP contribution in [-0.2, 0) is 0 Å². The predicted octanol–water partition coefficient (Wildman–Crippen LogP) is 3.72. The van der Waals surface area contributed by atoms with Crippen LogP contribution in [0.3, 0.4) is 0 Å². The van der Waals surface area contributed by atoms with Crippen LogP contribution in [0.15, 0.2) is 46.7 Å². The molecular formula is C14H13NOS2. The highest BCUT2D eigenvalue weighted by Gasteiger charge is 2.22. The van der Waals surface area contributed by atoms with Gasteiger partial charge in [0.25, 0.3) is 5.91 Å². The van der Waals surface area contributed by atoms with Gasteiger partial charge in [-0.05, 0) is 29.5 Å². The average molecular weight is 275 g/mol. The third kappa shape index (κ3) is 2.31. The first-order valence-corrected chi connectivity index (χ1v) is 7.77. The summed E-state index contributed by atoms with van der Waals surface area (Å²) in [6, 6.07) is 12.2. The molecule has 2 nitrogen and oxygen atoms in total. The molecule has 2 heterocycles. The van der Waals surface area contributed by atoms with Gasteiger partial charge >= 0.3 is 0 Å². The molecule has 18 heavy (non-hydrogen) atoms. The van der Waals surface area contributed by atoms with E-state index in [0.717, 1.165) is 17.1 Å². The Morgan fingerprint density at radius 3 is 2.94 bits per heavy atom. The van der Waals surface area contributed by atoms with Gasteiger partial charge in [0.05, 0.1) is 10.9 Å². The van der Waals surface area contributed by atoms with Crippen molar-refractivity contribution in [2.24, 2.45) is 0 Å². The first-order chi connectivity index (χ1) is 8.84. The van der Waals surface area contributed by atoms with Gasteiger partial charge < -0.3 is 5.32 Å². The molecule has 0 radical (unpaired) electrons. The summed E-state index contributed by atoms with van der Waals surface area (Å²) in [6.07, 6.45) is 0.999. The maximum absolute atomic E-state index is 12.1. The van der Waals surface area contributed by atoms with Crippen molar-refractivity contribution in [1.29, 1.82) is 0 Å². The van der Waals surface area contributed by atoms with Crippen molar-refractivity contribution in [2.75, 3.05) is 5.75 Å². The minimum absolute atomic E-state index is 0.0386. The first-order valence-electron chi connectivity index (χ1n) is 5.91. The highest BCUT2D eigenvalue weighted by atomic mass is 32.2. The summed E-state index contributed by atoms with van der Waals surface area (Å²) in [7, 11) is 0. The van der Waals surface area contributed by atoms with Crippen LogP contribution in [-0.4, -0.2) is 11.7 Å². The van der Waals surface area contributed by atoms with E-state index in [-0.39, 0.29) is 11.9 Å². The van der Waals surface area contributed by atoms with E-state index in [1.807, 2.05) is 35.3 Å². The normalized spacial score (nSPS) is 18.1. The van der Waals surface area contributed by atoms with Gasteiger partial charge in [0, 0.05) is 10.6 Å². The number of benzene rings is 1. The summed E-state index contributed by atoms with van der Waals surface area (Å²) in [6.45, 7) is 0. The number of rotatable bonds is 2. The number of hydrogen-bond donors (Lipinski definition) is 1. The van der Waals surface area contributed by atoms with Crippen molar-refractivity contribution in [3.8, 4) is 0 Å². The van der Waals surface area contributed by atoms with Crippen LogP contribution >= 0.6 is 23.1 Å². The zero-order valence-corrected chi connectivity index (χ0v) is 11.4. The quantitative estimate of drug-likeness (QED) is 0.905. The van der Waals surface area contributed by atoms with Gasteiger partial charge in [-0.1, -0.05) is 24.3 Å². The molecule has 1 N–H and O–H groups in total. The Hall–Kier alpha value is -1.26. The van der Waals surface area contributed by atoms with Crippen molar-refractivity contribution in [2.45, 2.75) is 17.4 Å². The molecule has 92 valence electrons. The summed E-state index contributed by atoms with van der Waals surface area (Å²) < 4.78 is 0. The molecule has 0 unspecified atom stereocenters. The van der Waals surface area contributed by atoms with Crippen molar-refractivity contribution in [3.63, 3.8) is 0 Å². The number of amides is 1. The molecule has 0 aliphatic carbocycles. The number of thioether (sulfide) groups is 1. The third-order valence-corrected chi connectivity index (χ3v) is 5.00. The summed E-state index contributed by atoms with van der Waals surface area (Å²) in [4.78, 5) is 14.2. The molecule has 0 fully saturated rings. The second kappa shape index (κ2) is 5.16. The van der Waals surface area contributed by atoms with E-state index in [4.69, 9.17) is 0 Å². The summed E-state index contributed by atoms with van der Waals surface area (Å²) >= 11 is 3.35. The van der Waals surface area contributed by atoms with Gasteiger partial charge in [-0.2, -0.15) is 0 Å². The second-order valence-electron chi connectivity index (χ2n) is 4.18. The molecule has 1 aromatic carbocycles. The van der Waals surface area contributed by atoms with E-state index < -0.39 is 0 Å². The fourth-order valence-electron chi connectivity index (χ4n) is 2.13. The topological polar surface area (TPSA) is 29.1 Å². The molecule has 0 bridgehead atoms. The number of thiophene rings is 1. The Balaban J connectivity index is 1.80. The van der Waals surface area contributed by atoms with Crippen LogP contribution in [0.5, 0.6) is 0 Å². The number of carbonyl (C=O) groups excluding carboxylic acids is 1. The molecule has 3 rings (SSSR count). The zero-order valence-electron chi connectivity index (χ0n) is 9.76. The highest BCUT2D eigenvalue weighted by molar-refractivity contribution is 7.99. The summed E-state index contributed by atoms with van der Waals surface area (Å²) in [5, 5.41) is 5.07. The van der Waals surface area contributed by atoms with Gasteiger partial charge in [0.1, 0.15) is 0 Å². The van der Waals surface area contributed by atoms with Crippen molar-refractivity contribution in [1.82, 2.24) is 5.32 Å². The van der Waals surface area contributed by atoms with Crippen molar-refractivity contribution < 1.29 is 4.79 Å². The number of hydrogen-bond acceptors (Lipinski definition) is 3. The molecule has 1 aromatic heterocycles. The van der Waals surface area contributed by atoms with Crippen molar-refractivity contribution in [3.05, 3.63) is 52.2 Å². The predicted molar refractivity (Wildman–Crippen MR) is 76.3 cm³/mol. The van der Waals surface area contributed by atoms with Crippen LogP contribution in [0.1, 0.15) is 27.7 Å². The van der Waals surface area contributed by atoms with Gasteiger partial charge in [-0.15, -0.1) is 23.1 Å². The van der Waals surface area contributed by atoms with E-state index >= 15 is 0 Å². The molecule has 2 aromatic rings. The molecule has 1 aliphatic rings. The Bertz CT molecular complexity index is 551.